The van der Waals surface area contributed by atoms with Gasteiger partial charge in [-0.1, -0.05) is 11.3 Å². The summed E-state index contributed by atoms with van der Waals surface area (Å²) in [6.07, 6.45) is 2.69. The van der Waals surface area contributed by atoms with Crippen LogP contribution in [-0.4, -0.2) is 60.6 Å². The molecular weight excluding hydrogens is 304 g/mol. The highest BCUT2D eigenvalue weighted by Gasteiger charge is 2.39. The summed E-state index contributed by atoms with van der Waals surface area (Å²) in [5.74, 6) is 0.261. The first-order valence-electron chi connectivity index (χ1n) is 7.69. The predicted octanol–water partition coefficient (Wildman–Crippen LogP) is 0.926. The van der Waals surface area contributed by atoms with Gasteiger partial charge in [-0.25, -0.2) is 4.98 Å². The number of thiazole rings is 1. The summed E-state index contributed by atoms with van der Waals surface area (Å²) in [5, 5.41) is 3.64. The summed E-state index contributed by atoms with van der Waals surface area (Å²) >= 11 is 1.37. The molecule has 0 radical (unpaired) electrons. The molecule has 7 nitrogen and oxygen atoms in total. The molecule has 3 aliphatic heterocycles. The molecule has 0 aliphatic carbocycles. The topological polar surface area (TPSA) is 74.8 Å². The minimum absolute atomic E-state index is 0.0601. The minimum Gasteiger partial charge on any atom is -0.378 e. The van der Waals surface area contributed by atoms with Crippen molar-refractivity contribution in [3.8, 4) is 0 Å². The third-order valence-corrected chi connectivity index (χ3v) is 5.50. The van der Waals surface area contributed by atoms with Crippen molar-refractivity contribution in [2.75, 3.05) is 43.1 Å². The number of ether oxygens (including phenoxy) is 1. The summed E-state index contributed by atoms with van der Waals surface area (Å²) in [6.45, 7) is 3.51. The number of carbonyl (C=O) groups excluding carboxylic acids is 2. The van der Waals surface area contributed by atoms with Gasteiger partial charge < -0.3 is 19.9 Å². The molecule has 0 aromatic carbocycles. The Kier molecular flexibility index (Phi) is 3.50. The highest BCUT2D eigenvalue weighted by Crippen LogP contribution is 2.35. The van der Waals surface area contributed by atoms with E-state index in [2.05, 4.69) is 15.2 Å². The molecule has 22 heavy (non-hydrogen) atoms. The van der Waals surface area contributed by atoms with Gasteiger partial charge in [-0.3, -0.25) is 9.59 Å². The molecule has 1 aromatic rings. The Balaban J connectivity index is 1.67. The van der Waals surface area contributed by atoms with Gasteiger partial charge in [0.25, 0.3) is 5.91 Å². The Morgan fingerprint density at radius 2 is 2.00 bits per heavy atom. The summed E-state index contributed by atoms with van der Waals surface area (Å²) < 4.78 is 5.34. The number of carbonyl (C=O) groups is 2. The highest BCUT2D eigenvalue weighted by atomic mass is 32.1. The van der Waals surface area contributed by atoms with Gasteiger partial charge in [-0.15, -0.1) is 0 Å². The number of rotatable bonds is 1. The number of hydrogen-bond acceptors (Lipinski definition) is 6. The zero-order chi connectivity index (χ0) is 15.1. The van der Waals surface area contributed by atoms with Crippen molar-refractivity contribution in [3.63, 3.8) is 0 Å². The van der Waals surface area contributed by atoms with Crippen LogP contribution in [0, 0.1) is 0 Å². The summed E-state index contributed by atoms with van der Waals surface area (Å²) in [6, 6.07) is -0.338. The number of nitrogens with zero attached hydrogens (tertiary/aromatic N) is 3. The van der Waals surface area contributed by atoms with E-state index in [0.717, 1.165) is 37.5 Å². The monoisotopic (exact) mass is 322 g/mol. The van der Waals surface area contributed by atoms with E-state index in [1.807, 2.05) is 0 Å². The molecule has 0 bridgehead atoms. The maximum absolute atomic E-state index is 12.8. The van der Waals surface area contributed by atoms with Crippen LogP contribution in [0.25, 0.3) is 0 Å². The number of aromatic nitrogens is 1. The second-order valence-electron chi connectivity index (χ2n) is 5.77. The molecule has 2 saturated heterocycles. The van der Waals surface area contributed by atoms with E-state index in [1.165, 1.54) is 11.3 Å². The Morgan fingerprint density at radius 3 is 2.82 bits per heavy atom. The molecule has 118 valence electrons. The Hall–Kier alpha value is -1.67. The zero-order valence-electron chi connectivity index (χ0n) is 12.2. The quantitative estimate of drug-likeness (QED) is 0.832. The van der Waals surface area contributed by atoms with Gasteiger partial charge in [0.05, 0.1) is 13.2 Å². The Morgan fingerprint density at radius 1 is 1.18 bits per heavy atom. The highest BCUT2D eigenvalue weighted by molar-refractivity contribution is 7.18. The van der Waals surface area contributed by atoms with Crippen molar-refractivity contribution in [2.24, 2.45) is 0 Å². The number of nitrogens with one attached hydrogen (secondary N) is 1. The molecule has 8 heteroatoms. The molecule has 4 rings (SSSR count). The molecule has 1 aromatic heterocycles. The molecule has 1 atom stereocenters. The second-order valence-corrected chi connectivity index (χ2v) is 6.75. The fraction of sp³-hybridized carbons (Fsp3) is 0.643. The van der Waals surface area contributed by atoms with Crippen LogP contribution in [0.3, 0.4) is 0 Å². The van der Waals surface area contributed by atoms with E-state index in [0.29, 0.717) is 30.5 Å². The molecule has 1 N–H and O–H groups in total. The van der Waals surface area contributed by atoms with Crippen molar-refractivity contribution < 1.29 is 14.3 Å². The third-order valence-electron chi connectivity index (χ3n) is 4.40. The molecular formula is C14H18N4O3S. The molecule has 1 unspecified atom stereocenters. The van der Waals surface area contributed by atoms with Gasteiger partial charge in [-0.05, 0) is 19.3 Å². The second kappa shape index (κ2) is 5.51. The minimum atomic E-state index is -0.338. The largest absolute Gasteiger partial charge is 0.378 e. The lowest BCUT2D eigenvalue weighted by molar-refractivity contribution is -0.121. The first kappa shape index (κ1) is 14.0. The van der Waals surface area contributed by atoms with Crippen LogP contribution in [-0.2, 0) is 9.53 Å². The Bertz CT molecular complexity index is 611. The van der Waals surface area contributed by atoms with Gasteiger partial charge in [-0.2, -0.15) is 0 Å². The normalized spacial score (nSPS) is 25.4. The zero-order valence-corrected chi connectivity index (χ0v) is 13.0. The van der Waals surface area contributed by atoms with Crippen LogP contribution in [0.5, 0.6) is 0 Å². The van der Waals surface area contributed by atoms with Crippen molar-refractivity contribution in [3.05, 3.63) is 4.88 Å². The lowest BCUT2D eigenvalue weighted by Gasteiger charge is -2.32. The maximum Gasteiger partial charge on any atom is 0.268 e. The maximum atomic E-state index is 12.8. The summed E-state index contributed by atoms with van der Waals surface area (Å²) in [4.78, 5) is 34.0. The van der Waals surface area contributed by atoms with Gasteiger partial charge in [0.1, 0.15) is 10.9 Å². The van der Waals surface area contributed by atoms with Gasteiger partial charge >= 0.3 is 0 Å². The van der Waals surface area contributed by atoms with Crippen molar-refractivity contribution in [1.82, 2.24) is 9.88 Å². The lowest BCUT2D eigenvalue weighted by atomic mass is 10.0. The van der Waals surface area contributed by atoms with Crippen LogP contribution in [0.1, 0.15) is 28.9 Å². The fourth-order valence-electron chi connectivity index (χ4n) is 3.21. The number of hydrogen-bond donors (Lipinski definition) is 1. The fourth-order valence-corrected chi connectivity index (χ4v) is 4.24. The predicted molar refractivity (Wildman–Crippen MR) is 82.5 cm³/mol. The van der Waals surface area contributed by atoms with E-state index in [1.54, 1.807) is 4.90 Å². The molecule has 0 saturated carbocycles. The molecule has 4 heterocycles. The number of morpholine rings is 1. The van der Waals surface area contributed by atoms with Crippen molar-refractivity contribution >= 4 is 34.1 Å². The van der Waals surface area contributed by atoms with Crippen LogP contribution in [0.2, 0.25) is 0 Å². The van der Waals surface area contributed by atoms with Gasteiger partial charge in [0, 0.05) is 19.6 Å². The Labute approximate surface area is 132 Å². The number of amides is 2. The molecule has 0 spiro atoms. The average molecular weight is 322 g/mol. The number of fused-ring (bicyclic) bond motifs is 2. The van der Waals surface area contributed by atoms with Crippen LogP contribution in [0.4, 0.5) is 10.9 Å². The van der Waals surface area contributed by atoms with Crippen molar-refractivity contribution in [1.29, 1.82) is 0 Å². The van der Waals surface area contributed by atoms with Crippen LogP contribution in [0.15, 0.2) is 0 Å². The number of piperidine rings is 1. The van der Waals surface area contributed by atoms with Crippen molar-refractivity contribution in [2.45, 2.75) is 25.3 Å². The van der Waals surface area contributed by atoms with E-state index >= 15 is 0 Å². The van der Waals surface area contributed by atoms with E-state index in [4.69, 9.17) is 4.74 Å². The first-order chi connectivity index (χ1) is 10.7. The SMILES string of the molecule is O=C1Nc2nc(N3CCOCC3)sc2C(=O)N2CCCCC12. The smallest absolute Gasteiger partial charge is 0.268 e. The number of anilines is 2. The van der Waals surface area contributed by atoms with Gasteiger partial charge in [0.15, 0.2) is 10.9 Å². The van der Waals surface area contributed by atoms with E-state index < -0.39 is 0 Å². The van der Waals surface area contributed by atoms with E-state index in [9.17, 15) is 9.59 Å². The molecule has 3 aliphatic rings. The lowest BCUT2D eigenvalue weighted by Crippen LogP contribution is -2.48. The molecule has 2 fully saturated rings. The summed E-state index contributed by atoms with van der Waals surface area (Å²) in [7, 11) is 0. The average Bonchev–Trinajstić information content (AvgIpc) is 2.95. The standard InChI is InChI=1S/C14H18N4O3S/c19-12-9-3-1-2-4-18(9)13(20)10-11(15-12)16-14(22-10)17-5-7-21-8-6-17/h9H,1-8H2,(H,15,19). The van der Waals surface area contributed by atoms with Gasteiger partial charge in [0.2, 0.25) is 5.91 Å². The summed E-state index contributed by atoms with van der Waals surface area (Å²) in [5.41, 5.74) is 0. The van der Waals surface area contributed by atoms with Crippen LogP contribution < -0.4 is 10.2 Å². The van der Waals surface area contributed by atoms with E-state index in [-0.39, 0.29) is 17.9 Å². The first-order valence-corrected chi connectivity index (χ1v) is 8.51. The van der Waals surface area contributed by atoms with Crippen LogP contribution >= 0.6 is 11.3 Å². The molecule has 2 amide bonds. The third kappa shape index (κ3) is 2.26.